The van der Waals surface area contributed by atoms with Gasteiger partial charge in [-0.1, -0.05) is 50.5 Å². The molecule has 2 heteroatoms. The van der Waals surface area contributed by atoms with Gasteiger partial charge in [0.25, 0.3) is 0 Å². The Labute approximate surface area is 120 Å². The maximum Gasteiger partial charge on any atom is 0.139 e. The van der Waals surface area contributed by atoms with E-state index in [0.717, 1.165) is 18.2 Å². The van der Waals surface area contributed by atoms with Gasteiger partial charge in [0.2, 0.25) is 0 Å². The molecule has 2 rings (SSSR count). The van der Waals surface area contributed by atoms with Crippen LogP contribution in [-0.4, -0.2) is 11.1 Å². The molecule has 0 radical (unpaired) electrons. The van der Waals surface area contributed by atoms with Crippen LogP contribution in [0.3, 0.4) is 0 Å². The van der Waals surface area contributed by atoms with Gasteiger partial charge in [-0.05, 0) is 41.9 Å². The second-order valence-corrected chi connectivity index (χ2v) is 8.40. The first-order valence-corrected chi connectivity index (χ1v) is 8.46. The van der Waals surface area contributed by atoms with Gasteiger partial charge < -0.3 is 0 Å². The number of halogens is 1. The van der Waals surface area contributed by atoms with Gasteiger partial charge in [-0.25, -0.2) is 0 Å². The van der Waals surface area contributed by atoms with Crippen molar-refractivity contribution in [3.63, 3.8) is 0 Å². The number of ketones is 1. The molecule has 2 fully saturated rings. The minimum Gasteiger partial charge on any atom is -0.299 e. The molecule has 4 unspecified atom stereocenters. The zero-order chi connectivity index (χ0) is 13.7. The van der Waals surface area contributed by atoms with Gasteiger partial charge in [-0.15, -0.1) is 0 Å². The molecule has 2 saturated carbocycles. The van der Waals surface area contributed by atoms with Crippen LogP contribution in [0.1, 0.15) is 53.9 Å². The molecule has 0 aromatic heterocycles. The van der Waals surface area contributed by atoms with E-state index < -0.39 is 0 Å². The Balaban J connectivity index is 2.33. The van der Waals surface area contributed by atoms with E-state index in [2.05, 4.69) is 50.5 Å². The summed E-state index contributed by atoms with van der Waals surface area (Å²) in [5.41, 5.74) is 0.472. The Morgan fingerprint density at radius 3 is 2.33 bits per heavy atom. The largest absolute Gasteiger partial charge is 0.299 e. The number of carbonyl (C=O) groups is 1. The highest BCUT2D eigenvalue weighted by molar-refractivity contribution is 9.09. The molecule has 0 saturated heterocycles. The van der Waals surface area contributed by atoms with Crippen LogP contribution in [0.5, 0.6) is 0 Å². The molecule has 0 N–H and O–H groups in total. The second kappa shape index (κ2) is 4.61. The molecule has 104 valence electrons. The van der Waals surface area contributed by atoms with Crippen molar-refractivity contribution >= 4 is 21.7 Å². The first kappa shape index (κ1) is 14.6. The van der Waals surface area contributed by atoms with Crippen LogP contribution < -0.4 is 0 Å². The number of fused-ring (bicyclic) bond motifs is 1. The third-order valence-electron chi connectivity index (χ3n) is 6.38. The van der Waals surface area contributed by atoms with E-state index >= 15 is 0 Å². The van der Waals surface area contributed by atoms with Gasteiger partial charge >= 0.3 is 0 Å². The van der Waals surface area contributed by atoms with Crippen molar-refractivity contribution in [1.82, 2.24) is 0 Å². The highest BCUT2D eigenvalue weighted by Crippen LogP contribution is 2.64. The first-order chi connectivity index (χ1) is 8.24. The third kappa shape index (κ3) is 1.90. The zero-order valence-corrected chi connectivity index (χ0v) is 14.0. The van der Waals surface area contributed by atoms with Crippen LogP contribution in [-0.2, 0) is 4.79 Å². The van der Waals surface area contributed by atoms with Crippen LogP contribution in [0, 0.1) is 34.5 Å². The number of Topliss-reactive ketones (excluding diaryl/α,β-unsaturated/α-hetero) is 1. The van der Waals surface area contributed by atoms with Gasteiger partial charge in [0.05, 0.1) is 0 Å². The fraction of sp³-hybridized carbons (Fsp3) is 0.938. The summed E-state index contributed by atoms with van der Waals surface area (Å²) in [5.74, 6) is 2.38. The van der Waals surface area contributed by atoms with E-state index in [1.807, 2.05) is 0 Å². The molecule has 4 atom stereocenters. The number of hydrogen-bond donors (Lipinski definition) is 0. The minimum atomic E-state index is 0.163. The van der Waals surface area contributed by atoms with Crippen molar-refractivity contribution in [3.05, 3.63) is 0 Å². The van der Waals surface area contributed by atoms with E-state index in [4.69, 9.17) is 0 Å². The molecule has 0 aliphatic heterocycles. The fourth-order valence-corrected chi connectivity index (χ4v) is 5.35. The fourth-order valence-electron chi connectivity index (χ4n) is 4.80. The van der Waals surface area contributed by atoms with E-state index in [9.17, 15) is 4.79 Å². The van der Waals surface area contributed by atoms with Crippen molar-refractivity contribution in [2.24, 2.45) is 34.5 Å². The van der Waals surface area contributed by atoms with Crippen LogP contribution in [0.25, 0.3) is 0 Å². The molecule has 0 spiro atoms. The lowest BCUT2D eigenvalue weighted by Crippen LogP contribution is -2.40. The average molecular weight is 315 g/mol. The Kier molecular flexibility index (Phi) is 3.73. The number of carbonyl (C=O) groups excluding carboxylic acids is 1. The molecule has 0 amide bonds. The summed E-state index contributed by atoms with van der Waals surface area (Å²) in [4.78, 5) is 12.8. The van der Waals surface area contributed by atoms with Gasteiger partial charge in [-0.3, -0.25) is 4.79 Å². The average Bonchev–Trinajstić information content (AvgIpc) is 2.42. The third-order valence-corrected chi connectivity index (χ3v) is 6.84. The first-order valence-electron chi connectivity index (χ1n) is 7.34. The predicted molar refractivity (Wildman–Crippen MR) is 79.8 cm³/mol. The summed E-state index contributed by atoms with van der Waals surface area (Å²) in [6, 6.07) is 0. The summed E-state index contributed by atoms with van der Waals surface area (Å²) in [6.07, 6.45) is 3.37. The number of rotatable bonds is 2. The molecular formula is C16H27BrO. The highest BCUT2D eigenvalue weighted by atomic mass is 79.9. The highest BCUT2D eigenvalue weighted by Gasteiger charge is 2.61. The van der Waals surface area contributed by atoms with Gasteiger partial charge in [0.15, 0.2) is 0 Å². The molecular weight excluding hydrogens is 288 g/mol. The molecule has 0 aromatic rings. The Morgan fingerprint density at radius 1 is 1.17 bits per heavy atom. The molecule has 18 heavy (non-hydrogen) atoms. The Morgan fingerprint density at radius 2 is 1.78 bits per heavy atom. The lowest BCUT2D eigenvalue weighted by Gasteiger charge is -2.39. The molecule has 0 bridgehead atoms. The van der Waals surface area contributed by atoms with Crippen molar-refractivity contribution in [2.75, 3.05) is 5.33 Å². The van der Waals surface area contributed by atoms with Crippen molar-refractivity contribution in [1.29, 1.82) is 0 Å². The maximum absolute atomic E-state index is 12.8. The number of hydrogen-bond acceptors (Lipinski definition) is 1. The summed E-state index contributed by atoms with van der Waals surface area (Å²) >= 11 is 3.50. The lowest BCUT2D eigenvalue weighted by molar-refractivity contribution is -0.135. The van der Waals surface area contributed by atoms with Gasteiger partial charge in [0.1, 0.15) is 5.78 Å². The topological polar surface area (TPSA) is 17.1 Å². The van der Waals surface area contributed by atoms with Crippen LogP contribution in [0.15, 0.2) is 0 Å². The Bertz CT molecular complexity index is 345. The molecule has 2 aliphatic carbocycles. The van der Waals surface area contributed by atoms with Crippen LogP contribution >= 0.6 is 15.9 Å². The summed E-state index contributed by atoms with van der Waals surface area (Å²) in [5, 5.41) is 0.959. The number of alkyl halides is 1. The maximum atomic E-state index is 12.8. The van der Waals surface area contributed by atoms with Crippen LogP contribution in [0.4, 0.5) is 0 Å². The lowest BCUT2D eigenvalue weighted by atomic mass is 9.64. The molecule has 2 aliphatic rings. The monoisotopic (exact) mass is 314 g/mol. The SMILES string of the molecule is CC1C(C)(C)C2CCC(CCBr)C(=O)C2C1(C)C. The van der Waals surface area contributed by atoms with Crippen LogP contribution in [0.2, 0.25) is 0 Å². The van der Waals surface area contributed by atoms with E-state index in [1.165, 1.54) is 6.42 Å². The summed E-state index contributed by atoms with van der Waals surface area (Å²) in [6.45, 7) is 11.7. The van der Waals surface area contributed by atoms with Crippen molar-refractivity contribution in [3.8, 4) is 0 Å². The molecule has 1 nitrogen and oxygen atoms in total. The van der Waals surface area contributed by atoms with E-state index in [0.29, 0.717) is 34.9 Å². The molecule has 0 aromatic carbocycles. The van der Waals surface area contributed by atoms with Gasteiger partial charge in [-0.2, -0.15) is 0 Å². The summed E-state index contributed by atoms with van der Waals surface area (Å²) < 4.78 is 0. The predicted octanol–water partition coefficient (Wildman–Crippen LogP) is 4.69. The van der Waals surface area contributed by atoms with E-state index in [-0.39, 0.29) is 5.41 Å². The minimum absolute atomic E-state index is 0.163. The smallest absolute Gasteiger partial charge is 0.139 e. The van der Waals surface area contributed by atoms with Crippen molar-refractivity contribution in [2.45, 2.75) is 53.9 Å². The standard InChI is InChI=1S/C16H27BrO/c1-10-15(2,3)12-7-6-11(8-9-17)14(18)13(12)16(10,4)5/h10-13H,6-9H2,1-5H3. The second-order valence-electron chi connectivity index (χ2n) is 7.60. The Hall–Kier alpha value is 0.150. The summed E-state index contributed by atoms with van der Waals surface area (Å²) in [7, 11) is 0. The van der Waals surface area contributed by atoms with E-state index in [1.54, 1.807) is 0 Å². The zero-order valence-electron chi connectivity index (χ0n) is 12.4. The molecule has 0 heterocycles. The van der Waals surface area contributed by atoms with Crippen molar-refractivity contribution < 1.29 is 4.79 Å². The normalized spacial score (nSPS) is 41.8. The quantitative estimate of drug-likeness (QED) is 0.676. The van der Waals surface area contributed by atoms with Gasteiger partial charge in [0, 0.05) is 17.2 Å².